The van der Waals surface area contributed by atoms with E-state index in [-0.39, 0.29) is 0 Å². The van der Waals surface area contributed by atoms with E-state index in [0.29, 0.717) is 5.92 Å². The van der Waals surface area contributed by atoms with Crippen LogP contribution in [0.15, 0.2) is 33.2 Å². The van der Waals surface area contributed by atoms with Crippen LogP contribution in [0.1, 0.15) is 32.4 Å². The van der Waals surface area contributed by atoms with E-state index in [1.807, 2.05) is 24.3 Å². The number of aromatic nitrogens is 2. The lowest BCUT2D eigenvalue weighted by molar-refractivity contribution is 0.809. The highest BCUT2D eigenvalue weighted by Crippen LogP contribution is 2.31. The fraction of sp³-hybridized carbons (Fsp3) is 0.333. The van der Waals surface area contributed by atoms with Gasteiger partial charge in [0.15, 0.2) is 5.82 Å². The summed E-state index contributed by atoms with van der Waals surface area (Å²) in [4.78, 5) is 9.32. The zero-order valence-electron chi connectivity index (χ0n) is 11.7. The van der Waals surface area contributed by atoms with Crippen LogP contribution in [0.25, 0.3) is 11.4 Å². The average Bonchev–Trinajstić information content (AvgIpc) is 2.42. The van der Waals surface area contributed by atoms with Crippen LogP contribution in [0.5, 0.6) is 0 Å². The van der Waals surface area contributed by atoms with Gasteiger partial charge in [-0.25, -0.2) is 9.97 Å². The normalized spacial score (nSPS) is 10.9. The molecule has 0 unspecified atom stereocenters. The maximum Gasteiger partial charge on any atom is 0.161 e. The number of benzene rings is 1. The molecule has 20 heavy (non-hydrogen) atoms. The van der Waals surface area contributed by atoms with Gasteiger partial charge in [-0.05, 0) is 40.9 Å². The predicted molar refractivity (Wildman–Crippen MR) is 91.1 cm³/mol. The number of halogens is 2. The fourth-order valence-corrected chi connectivity index (χ4v) is 2.90. The number of hydrogen-bond acceptors (Lipinski definition) is 3. The molecule has 0 saturated heterocycles. The van der Waals surface area contributed by atoms with Crippen molar-refractivity contribution in [1.29, 1.82) is 0 Å². The smallest absolute Gasteiger partial charge is 0.161 e. The fourth-order valence-electron chi connectivity index (χ4n) is 1.86. The van der Waals surface area contributed by atoms with Gasteiger partial charge < -0.3 is 5.32 Å². The molecule has 0 aliphatic carbocycles. The van der Waals surface area contributed by atoms with Gasteiger partial charge in [-0.1, -0.05) is 41.9 Å². The minimum Gasteiger partial charge on any atom is -0.369 e. The zero-order chi connectivity index (χ0) is 14.7. The molecule has 0 atom stereocenters. The molecule has 3 nitrogen and oxygen atoms in total. The summed E-state index contributed by atoms with van der Waals surface area (Å²) in [6.45, 7) is 7.15. The molecule has 0 aliphatic heterocycles. The van der Waals surface area contributed by atoms with Crippen LogP contribution in [0.3, 0.4) is 0 Å². The van der Waals surface area contributed by atoms with E-state index in [4.69, 9.17) is 4.98 Å². The molecule has 0 fully saturated rings. The van der Waals surface area contributed by atoms with Gasteiger partial charge in [0.05, 0.1) is 10.2 Å². The maximum absolute atomic E-state index is 4.70. The third kappa shape index (κ3) is 3.38. The van der Waals surface area contributed by atoms with Crippen molar-refractivity contribution in [1.82, 2.24) is 9.97 Å². The molecular formula is C15H17Br2N3. The lowest BCUT2D eigenvalue weighted by Crippen LogP contribution is -2.07. The summed E-state index contributed by atoms with van der Waals surface area (Å²) in [6, 6.07) is 8.05. The Bertz CT molecular complexity index is 595. The van der Waals surface area contributed by atoms with Gasteiger partial charge in [0, 0.05) is 16.6 Å². The van der Waals surface area contributed by atoms with Crippen molar-refractivity contribution in [3.05, 3.63) is 38.9 Å². The van der Waals surface area contributed by atoms with E-state index >= 15 is 0 Å². The van der Waals surface area contributed by atoms with E-state index < -0.39 is 0 Å². The largest absolute Gasteiger partial charge is 0.369 e. The van der Waals surface area contributed by atoms with E-state index in [1.54, 1.807) is 0 Å². The molecule has 0 amide bonds. The standard InChI is InChI=1S/C15H17Br2N3/c1-4-18-15-12(17)13(9(2)3)19-14(20-15)10-5-7-11(16)8-6-10/h5-9H,4H2,1-3H3,(H,18,19,20). The summed E-state index contributed by atoms with van der Waals surface area (Å²) in [5.74, 6) is 1.93. The van der Waals surface area contributed by atoms with Crippen LogP contribution >= 0.6 is 31.9 Å². The maximum atomic E-state index is 4.70. The molecule has 0 saturated carbocycles. The van der Waals surface area contributed by atoms with Crippen LogP contribution in [-0.2, 0) is 0 Å². The summed E-state index contributed by atoms with van der Waals surface area (Å²) in [5, 5.41) is 3.29. The van der Waals surface area contributed by atoms with Gasteiger partial charge >= 0.3 is 0 Å². The summed E-state index contributed by atoms with van der Waals surface area (Å²) in [7, 11) is 0. The number of nitrogens with zero attached hydrogens (tertiary/aromatic N) is 2. The molecule has 0 spiro atoms. The lowest BCUT2D eigenvalue weighted by atomic mass is 10.1. The van der Waals surface area contributed by atoms with Crippen LogP contribution in [-0.4, -0.2) is 16.5 Å². The molecule has 1 aromatic heterocycles. The molecule has 5 heteroatoms. The summed E-state index contributed by atoms with van der Waals surface area (Å²) < 4.78 is 2.00. The first kappa shape index (κ1) is 15.4. The van der Waals surface area contributed by atoms with E-state index in [2.05, 4.69) is 62.9 Å². The average molecular weight is 399 g/mol. The molecule has 1 heterocycles. The molecule has 1 N–H and O–H groups in total. The van der Waals surface area contributed by atoms with Crippen molar-refractivity contribution in [2.75, 3.05) is 11.9 Å². The third-order valence-electron chi connectivity index (χ3n) is 2.87. The number of rotatable bonds is 4. The highest BCUT2D eigenvalue weighted by Gasteiger charge is 2.15. The molecule has 106 valence electrons. The molecular weight excluding hydrogens is 382 g/mol. The first-order valence-electron chi connectivity index (χ1n) is 6.60. The second kappa shape index (κ2) is 6.68. The summed E-state index contributed by atoms with van der Waals surface area (Å²) >= 11 is 7.05. The number of anilines is 1. The van der Waals surface area contributed by atoms with Crippen LogP contribution in [0.2, 0.25) is 0 Å². The highest BCUT2D eigenvalue weighted by molar-refractivity contribution is 9.11. The Morgan fingerprint density at radius 2 is 1.75 bits per heavy atom. The topological polar surface area (TPSA) is 37.8 Å². The first-order chi connectivity index (χ1) is 9.52. The summed E-state index contributed by atoms with van der Waals surface area (Å²) in [5.41, 5.74) is 2.04. The SMILES string of the molecule is CCNc1nc(-c2ccc(Br)cc2)nc(C(C)C)c1Br. The molecule has 0 aliphatic rings. The van der Waals surface area contributed by atoms with Gasteiger partial charge in [-0.3, -0.25) is 0 Å². The quantitative estimate of drug-likeness (QED) is 0.766. The molecule has 1 aromatic carbocycles. The Morgan fingerprint density at radius 1 is 1.10 bits per heavy atom. The number of nitrogens with one attached hydrogen (secondary N) is 1. The van der Waals surface area contributed by atoms with E-state index in [9.17, 15) is 0 Å². The summed E-state index contributed by atoms with van der Waals surface area (Å²) in [6.07, 6.45) is 0. The predicted octanol–water partition coefficient (Wildman–Crippen LogP) is 5.22. The van der Waals surface area contributed by atoms with Crippen molar-refractivity contribution in [3.8, 4) is 11.4 Å². The van der Waals surface area contributed by atoms with E-state index in [0.717, 1.165) is 38.4 Å². The Hall–Kier alpha value is -0.940. The number of hydrogen-bond donors (Lipinski definition) is 1. The lowest BCUT2D eigenvalue weighted by Gasteiger charge is -2.14. The highest BCUT2D eigenvalue weighted by atomic mass is 79.9. The molecule has 2 rings (SSSR count). The Balaban J connectivity index is 2.55. The van der Waals surface area contributed by atoms with Crippen molar-refractivity contribution >= 4 is 37.7 Å². The Labute approximate surface area is 136 Å². The van der Waals surface area contributed by atoms with Gasteiger partial charge in [0.2, 0.25) is 0 Å². The molecule has 0 radical (unpaired) electrons. The first-order valence-corrected chi connectivity index (χ1v) is 8.18. The van der Waals surface area contributed by atoms with Crippen molar-refractivity contribution in [2.24, 2.45) is 0 Å². The Kier molecular flexibility index (Phi) is 5.16. The second-order valence-corrected chi connectivity index (χ2v) is 6.50. The second-order valence-electron chi connectivity index (χ2n) is 4.79. The van der Waals surface area contributed by atoms with E-state index in [1.165, 1.54) is 0 Å². The Morgan fingerprint density at radius 3 is 2.30 bits per heavy atom. The molecule has 2 aromatic rings. The van der Waals surface area contributed by atoms with Crippen LogP contribution in [0.4, 0.5) is 5.82 Å². The van der Waals surface area contributed by atoms with Crippen molar-refractivity contribution < 1.29 is 0 Å². The van der Waals surface area contributed by atoms with Gasteiger partial charge in [-0.15, -0.1) is 0 Å². The minimum atomic E-state index is 0.332. The van der Waals surface area contributed by atoms with Crippen molar-refractivity contribution in [2.45, 2.75) is 26.7 Å². The van der Waals surface area contributed by atoms with Crippen molar-refractivity contribution in [3.63, 3.8) is 0 Å². The van der Waals surface area contributed by atoms with Crippen LogP contribution < -0.4 is 5.32 Å². The van der Waals surface area contributed by atoms with Gasteiger partial charge in [0.25, 0.3) is 0 Å². The third-order valence-corrected chi connectivity index (χ3v) is 4.18. The monoisotopic (exact) mass is 397 g/mol. The van der Waals surface area contributed by atoms with Gasteiger partial charge in [0.1, 0.15) is 5.82 Å². The van der Waals surface area contributed by atoms with Crippen LogP contribution in [0, 0.1) is 0 Å². The van der Waals surface area contributed by atoms with Gasteiger partial charge in [-0.2, -0.15) is 0 Å². The zero-order valence-corrected chi connectivity index (χ0v) is 14.9. The molecule has 0 bridgehead atoms. The minimum absolute atomic E-state index is 0.332.